The molecule has 1 aliphatic rings. The summed E-state index contributed by atoms with van der Waals surface area (Å²) in [7, 11) is 0. The third kappa shape index (κ3) is 6.42. The van der Waals surface area contributed by atoms with Gasteiger partial charge in [0.2, 0.25) is 5.91 Å². The number of guanidine groups is 1. The Morgan fingerprint density at radius 2 is 2.16 bits per heavy atom. The standard InChI is InChI=1S/C18H30N4O3/c1-3-19-17(21-13-18(2,24)15-9-6-12-25-15)20-11-10-16(23)22-14-7-4-5-8-14/h6,9,12,14,24H,3-5,7-8,10-11,13H2,1-2H3,(H,22,23)(H2,19,20,21). The molecule has 0 saturated heterocycles. The first-order valence-corrected chi connectivity index (χ1v) is 9.09. The topological polar surface area (TPSA) is 98.9 Å². The molecule has 0 radical (unpaired) electrons. The Morgan fingerprint density at radius 1 is 1.40 bits per heavy atom. The Balaban J connectivity index is 1.78. The van der Waals surface area contributed by atoms with Crippen molar-refractivity contribution in [3.63, 3.8) is 0 Å². The van der Waals surface area contributed by atoms with Crippen molar-refractivity contribution in [2.45, 2.75) is 57.6 Å². The summed E-state index contributed by atoms with van der Waals surface area (Å²) in [5.41, 5.74) is -1.17. The van der Waals surface area contributed by atoms with Crippen LogP contribution < -0.4 is 16.0 Å². The van der Waals surface area contributed by atoms with Gasteiger partial charge in [0.15, 0.2) is 5.96 Å². The van der Waals surface area contributed by atoms with E-state index in [0.29, 0.717) is 37.3 Å². The molecule has 0 spiro atoms. The number of rotatable bonds is 8. The third-order valence-electron chi connectivity index (χ3n) is 4.31. The average Bonchev–Trinajstić information content (AvgIpc) is 3.26. The van der Waals surface area contributed by atoms with Gasteiger partial charge in [-0.15, -0.1) is 0 Å². The summed E-state index contributed by atoms with van der Waals surface area (Å²) in [6.45, 7) is 4.98. The van der Waals surface area contributed by atoms with Gasteiger partial charge >= 0.3 is 0 Å². The van der Waals surface area contributed by atoms with Crippen molar-refractivity contribution in [3.8, 4) is 0 Å². The van der Waals surface area contributed by atoms with Gasteiger partial charge in [0.05, 0.1) is 12.8 Å². The summed E-state index contributed by atoms with van der Waals surface area (Å²) in [6, 6.07) is 3.81. The molecule has 2 rings (SSSR count). The van der Waals surface area contributed by atoms with Gasteiger partial charge in [-0.2, -0.15) is 0 Å². The first-order chi connectivity index (χ1) is 12.0. The number of carbonyl (C=O) groups excluding carboxylic acids is 1. The van der Waals surface area contributed by atoms with E-state index >= 15 is 0 Å². The molecule has 0 bridgehead atoms. The SMILES string of the molecule is CCNC(=NCC(C)(O)c1ccco1)NCCC(=O)NC1CCCC1. The summed E-state index contributed by atoms with van der Waals surface area (Å²) >= 11 is 0. The molecule has 1 aromatic rings. The molecule has 7 nitrogen and oxygen atoms in total. The largest absolute Gasteiger partial charge is 0.466 e. The van der Waals surface area contributed by atoms with Gasteiger partial charge in [0, 0.05) is 25.6 Å². The lowest BCUT2D eigenvalue weighted by molar-refractivity contribution is -0.121. The van der Waals surface area contributed by atoms with Crippen molar-refractivity contribution < 1.29 is 14.3 Å². The first kappa shape index (κ1) is 19.3. The molecule has 1 unspecified atom stereocenters. The predicted molar refractivity (Wildman–Crippen MR) is 97.3 cm³/mol. The van der Waals surface area contributed by atoms with Crippen LogP contribution in [0.4, 0.5) is 0 Å². The van der Waals surface area contributed by atoms with Gasteiger partial charge in [-0.3, -0.25) is 4.79 Å². The van der Waals surface area contributed by atoms with E-state index in [1.807, 2.05) is 6.92 Å². The number of aliphatic hydroxyl groups is 1. The van der Waals surface area contributed by atoms with E-state index in [-0.39, 0.29) is 12.5 Å². The summed E-state index contributed by atoms with van der Waals surface area (Å²) in [6.07, 6.45) is 6.51. The van der Waals surface area contributed by atoms with Gasteiger partial charge in [0.25, 0.3) is 0 Å². The van der Waals surface area contributed by atoms with Crippen LogP contribution in [0.15, 0.2) is 27.8 Å². The minimum Gasteiger partial charge on any atom is -0.466 e. The molecule has 25 heavy (non-hydrogen) atoms. The van der Waals surface area contributed by atoms with Crippen molar-refractivity contribution in [3.05, 3.63) is 24.2 Å². The number of nitrogens with zero attached hydrogens (tertiary/aromatic N) is 1. The monoisotopic (exact) mass is 350 g/mol. The van der Waals surface area contributed by atoms with Gasteiger partial charge < -0.3 is 25.5 Å². The maximum absolute atomic E-state index is 11.9. The second-order valence-corrected chi connectivity index (χ2v) is 6.67. The molecule has 1 saturated carbocycles. The van der Waals surface area contributed by atoms with E-state index in [1.54, 1.807) is 19.1 Å². The fraction of sp³-hybridized carbons (Fsp3) is 0.667. The molecule has 0 aromatic carbocycles. The van der Waals surface area contributed by atoms with E-state index in [2.05, 4.69) is 20.9 Å². The van der Waals surface area contributed by atoms with Crippen molar-refractivity contribution in [2.75, 3.05) is 19.6 Å². The lowest BCUT2D eigenvalue weighted by Gasteiger charge is -2.19. The quantitative estimate of drug-likeness (QED) is 0.421. The zero-order chi connectivity index (χ0) is 18.1. The molecular weight excluding hydrogens is 320 g/mol. The fourth-order valence-electron chi connectivity index (χ4n) is 2.90. The highest BCUT2D eigenvalue weighted by atomic mass is 16.4. The maximum Gasteiger partial charge on any atom is 0.221 e. The number of aliphatic imine (C=N–C) groups is 1. The number of amides is 1. The molecule has 1 fully saturated rings. The Kier molecular flexibility index (Phi) is 7.31. The summed E-state index contributed by atoms with van der Waals surface area (Å²) in [4.78, 5) is 16.3. The van der Waals surface area contributed by atoms with Crippen molar-refractivity contribution in [1.29, 1.82) is 0 Å². The number of hydrogen-bond acceptors (Lipinski definition) is 4. The normalized spacial score (nSPS) is 18.0. The Morgan fingerprint density at radius 3 is 2.80 bits per heavy atom. The molecule has 1 heterocycles. The van der Waals surface area contributed by atoms with Crippen LogP contribution in [-0.2, 0) is 10.4 Å². The number of nitrogens with one attached hydrogen (secondary N) is 3. The zero-order valence-electron chi connectivity index (χ0n) is 15.2. The molecule has 4 N–H and O–H groups in total. The Hall–Kier alpha value is -2.02. The van der Waals surface area contributed by atoms with E-state index in [1.165, 1.54) is 19.1 Å². The van der Waals surface area contributed by atoms with Gasteiger partial charge in [-0.1, -0.05) is 12.8 Å². The van der Waals surface area contributed by atoms with Crippen LogP contribution in [-0.4, -0.2) is 42.6 Å². The van der Waals surface area contributed by atoms with Crippen molar-refractivity contribution >= 4 is 11.9 Å². The molecule has 1 aliphatic carbocycles. The summed E-state index contributed by atoms with van der Waals surface area (Å²) in [5.74, 6) is 1.11. The maximum atomic E-state index is 11.9. The number of carbonyl (C=O) groups is 1. The highest BCUT2D eigenvalue weighted by Crippen LogP contribution is 2.21. The second kappa shape index (κ2) is 9.46. The summed E-state index contributed by atoms with van der Waals surface area (Å²) in [5, 5.41) is 19.8. The average molecular weight is 350 g/mol. The second-order valence-electron chi connectivity index (χ2n) is 6.67. The molecule has 140 valence electrons. The van der Waals surface area contributed by atoms with Gasteiger partial charge in [-0.05, 0) is 38.8 Å². The highest BCUT2D eigenvalue weighted by molar-refractivity contribution is 5.81. The minimum absolute atomic E-state index is 0.0674. The highest BCUT2D eigenvalue weighted by Gasteiger charge is 2.26. The van der Waals surface area contributed by atoms with Crippen molar-refractivity contribution in [1.82, 2.24) is 16.0 Å². The number of hydrogen-bond donors (Lipinski definition) is 4. The smallest absolute Gasteiger partial charge is 0.221 e. The van der Waals surface area contributed by atoms with E-state index in [0.717, 1.165) is 12.8 Å². The Labute approximate surface area is 149 Å². The minimum atomic E-state index is -1.17. The van der Waals surface area contributed by atoms with Crippen molar-refractivity contribution in [2.24, 2.45) is 4.99 Å². The lowest BCUT2D eigenvalue weighted by atomic mass is 10.0. The van der Waals surface area contributed by atoms with E-state index in [9.17, 15) is 9.90 Å². The Bertz CT molecular complexity index is 549. The molecule has 1 aromatic heterocycles. The van der Waals surface area contributed by atoms with E-state index < -0.39 is 5.60 Å². The molecule has 7 heteroatoms. The van der Waals surface area contributed by atoms with Crippen LogP contribution in [0.5, 0.6) is 0 Å². The fourth-order valence-corrected chi connectivity index (χ4v) is 2.90. The summed E-state index contributed by atoms with van der Waals surface area (Å²) < 4.78 is 5.25. The third-order valence-corrected chi connectivity index (χ3v) is 4.31. The number of furan rings is 1. The zero-order valence-corrected chi connectivity index (χ0v) is 15.2. The van der Waals surface area contributed by atoms with E-state index in [4.69, 9.17) is 4.42 Å². The molecule has 1 amide bonds. The van der Waals surface area contributed by atoms with Gasteiger partial charge in [0.1, 0.15) is 11.4 Å². The van der Waals surface area contributed by atoms with Crippen LogP contribution in [0.3, 0.4) is 0 Å². The van der Waals surface area contributed by atoms with Crippen LogP contribution >= 0.6 is 0 Å². The lowest BCUT2D eigenvalue weighted by Crippen LogP contribution is -2.41. The van der Waals surface area contributed by atoms with Gasteiger partial charge in [-0.25, -0.2) is 4.99 Å². The molecule has 1 atom stereocenters. The van der Waals surface area contributed by atoms with Crippen LogP contribution in [0.1, 0.15) is 51.7 Å². The van der Waals surface area contributed by atoms with Crippen LogP contribution in [0, 0.1) is 0 Å². The predicted octanol–water partition coefficient (Wildman–Crippen LogP) is 1.49. The first-order valence-electron chi connectivity index (χ1n) is 9.09. The molecule has 0 aliphatic heterocycles. The van der Waals surface area contributed by atoms with Crippen LogP contribution in [0.25, 0.3) is 0 Å². The molecular formula is C18H30N4O3. The van der Waals surface area contributed by atoms with Crippen LogP contribution in [0.2, 0.25) is 0 Å².